The molecular weight excluding hydrogens is 423 g/mol. The minimum atomic E-state index is -5.58. The third-order valence-electron chi connectivity index (χ3n) is 3.12. The summed E-state index contributed by atoms with van der Waals surface area (Å²) in [5.41, 5.74) is -0.487. The van der Waals surface area contributed by atoms with E-state index in [2.05, 4.69) is 35.3 Å². The summed E-state index contributed by atoms with van der Waals surface area (Å²) in [5.74, 6) is -12.2. The summed E-state index contributed by atoms with van der Waals surface area (Å²) < 4.78 is 100. The zero-order valence-corrected chi connectivity index (χ0v) is 15.4. The topological polar surface area (TPSA) is 64.6 Å². The minimum Gasteiger partial charge on any atom is -0.412 e. The standard InChI is InChI=1S/C15H18F7NO4S/c1-4-23-11(25)13(14(18,19)20,27-10(24)9(2)3)26-8-6-5-7-12(16,17)15(21,22)28/h4,28H,1-2,5-8H2,3H3,(H,23,25). The SMILES string of the molecule is C=CNC(=O)C(OCCCCC(F)(F)C(F)(F)S)(OC(=O)C(=C)C)C(F)(F)F. The van der Waals surface area contributed by atoms with Crippen molar-refractivity contribution in [2.75, 3.05) is 6.61 Å². The van der Waals surface area contributed by atoms with Gasteiger partial charge >= 0.3 is 35.0 Å². The molecule has 0 spiro atoms. The summed E-state index contributed by atoms with van der Waals surface area (Å²) >= 11 is 2.46. The van der Waals surface area contributed by atoms with E-state index in [4.69, 9.17) is 0 Å². The van der Waals surface area contributed by atoms with Gasteiger partial charge in [-0.05, 0) is 26.0 Å². The van der Waals surface area contributed by atoms with Crippen molar-refractivity contribution in [1.29, 1.82) is 0 Å². The minimum absolute atomic E-state index is 0.487. The van der Waals surface area contributed by atoms with Crippen LogP contribution in [0.1, 0.15) is 26.2 Å². The van der Waals surface area contributed by atoms with E-state index in [1.54, 1.807) is 5.32 Å². The van der Waals surface area contributed by atoms with Gasteiger partial charge in [0.15, 0.2) is 0 Å². The lowest BCUT2D eigenvalue weighted by molar-refractivity contribution is -0.346. The molecule has 28 heavy (non-hydrogen) atoms. The summed E-state index contributed by atoms with van der Waals surface area (Å²) in [5, 5.41) is -3.05. The molecular formula is C15H18F7NO4S. The highest BCUT2D eigenvalue weighted by Crippen LogP contribution is 2.41. The zero-order valence-electron chi connectivity index (χ0n) is 14.5. The van der Waals surface area contributed by atoms with Crippen molar-refractivity contribution < 1.29 is 49.8 Å². The van der Waals surface area contributed by atoms with E-state index in [1.807, 2.05) is 0 Å². The lowest BCUT2D eigenvalue weighted by Crippen LogP contribution is -2.60. The molecule has 0 heterocycles. The molecule has 1 N–H and O–H groups in total. The number of hydrogen-bond donors (Lipinski definition) is 2. The number of esters is 1. The second-order valence-electron chi connectivity index (χ2n) is 5.51. The largest absolute Gasteiger partial charge is 0.466 e. The Kier molecular flexibility index (Phi) is 9.03. The Morgan fingerprint density at radius 3 is 2.04 bits per heavy atom. The normalized spacial score (nSPS) is 14.8. The number of rotatable bonds is 11. The van der Waals surface area contributed by atoms with Crippen molar-refractivity contribution in [3.8, 4) is 0 Å². The number of thiol groups is 1. The predicted molar refractivity (Wildman–Crippen MR) is 86.7 cm³/mol. The van der Waals surface area contributed by atoms with Gasteiger partial charge in [-0.25, -0.2) is 4.79 Å². The lowest BCUT2D eigenvalue weighted by atomic mass is 10.1. The van der Waals surface area contributed by atoms with E-state index in [-0.39, 0.29) is 0 Å². The number of nitrogens with one attached hydrogen (secondary N) is 1. The average molecular weight is 441 g/mol. The van der Waals surface area contributed by atoms with Gasteiger partial charge in [-0.2, -0.15) is 30.7 Å². The van der Waals surface area contributed by atoms with E-state index in [9.17, 15) is 40.3 Å². The second kappa shape index (κ2) is 9.63. The molecule has 0 aromatic rings. The van der Waals surface area contributed by atoms with Gasteiger partial charge in [0.1, 0.15) is 0 Å². The van der Waals surface area contributed by atoms with Gasteiger partial charge in [0.25, 0.3) is 0 Å². The molecule has 5 nitrogen and oxygen atoms in total. The van der Waals surface area contributed by atoms with E-state index in [0.29, 0.717) is 6.20 Å². The zero-order chi connectivity index (χ0) is 22.4. The van der Waals surface area contributed by atoms with Crippen LogP contribution < -0.4 is 5.32 Å². The van der Waals surface area contributed by atoms with Gasteiger partial charge in [0.2, 0.25) is 0 Å². The van der Waals surface area contributed by atoms with Crippen molar-refractivity contribution >= 4 is 24.5 Å². The fraction of sp³-hybridized carbons (Fsp3) is 0.600. The Hall–Kier alpha value is -1.76. The molecule has 1 atom stereocenters. The molecule has 13 heteroatoms. The first kappa shape index (κ1) is 26.2. The molecule has 1 unspecified atom stereocenters. The molecule has 0 bridgehead atoms. The highest BCUT2D eigenvalue weighted by molar-refractivity contribution is 7.81. The summed E-state index contributed by atoms with van der Waals surface area (Å²) in [6.07, 6.45) is -7.71. The first-order chi connectivity index (χ1) is 12.5. The maximum absolute atomic E-state index is 13.5. The molecule has 0 aliphatic carbocycles. The van der Waals surface area contributed by atoms with Gasteiger partial charge in [0, 0.05) is 12.0 Å². The van der Waals surface area contributed by atoms with Crippen LogP contribution in [0.3, 0.4) is 0 Å². The van der Waals surface area contributed by atoms with Crippen molar-refractivity contribution in [3.63, 3.8) is 0 Å². The van der Waals surface area contributed by atoms with Crippen molar-refractivity contribution in [2.24, 2.45) is 0 Å². The summed E-state index contributed by atoms with van der Waals surface area (Å²) in [6, 6.07) is 0. The summed E-state index contributed by atoms with van der Waals surface area (Å²) in [7, 11) is 0. The van der Waals surface area contributed by atoms with Gasteiger partial charge in [-0.1, -0.05) is 25.8 Å². The molecule has 162 valence electrons. The third kappa shape index (κ3) is 6.69. The number of ether oxygens (including phenoxy) is 2. The number of alkyl halides is 7. The Balaban J connectivity index is 5.33. The molecule has 0 rings (SSSR count). The highest BCUT2D eigenvalue weighted by Gasteiger charge is 2.66. The highest BCUT2D eigenvalue weighted by atomic mass is 32.1. The van der Waals surface area contributed by atoms with Gasteiger partial charge < -0.3 is 14.8 Å². The number of carbonyl (C=O) groups is 2. The van der Waals surface area contributed by atoms with Crippen LogP contribution in [0.25, 0.3) is 0 Å². The molecule has 0 saturated carbocycles. The Morgan fingerprint density at radius 2 is 1.64 bits per heavy atom. The number of halogens is 7. The first-order valence-corrected chi connectivity index (χ1v) is 7.96. The third-order valence-corrected chi connectivity index (χ3v) is 3.45. The molecule has 0 aromatic carbocycles. The van der Waals surface area contributed by atoms with E-state index < -0.39 is 66.5 Å². The van der Waals surface area contributed by atoms with E-state index in [0.717, 1.165) is 6.92 Å². The van der Waals surface area contributed by atoms with E-state index in [1.165, 1.54) is 0 Å². The summed E-state index contributed by atoms with van der Waals surface area (Å²) in [6.45, 7) is 6.05. The van der Waals surface area contributed by atoms with E-state index >= 15 is 0 Å². The fourth-order valence-corrected chi connectivity index (χ4v) is 1.74. The van der Waals surface area contributed by atoms with Crippen LogP contribution in [0.4, 0.5) is 30.7 Å². The fourth-order valence-electron chi connectivity index (χ4n) is 1.63. The smallest absolute Gasteiger partial charge is 0.412 e. The van der Waals surface area contributed by atoms with Crippen LogP contribution >= 0.6 is 12.6 Å². The number of hydrogen-bond acceptors (Lipinski definition) is 5. The van der Waals surface area contributed by atoms with Crippen molar-refractivity contribution in [3.05, 3.63) is 24.9 Å². The quantitative estimate of drug-likeness (QED) is 0.127. The summed E-state index contributed by atoms with van der Waals surface area (Å²) in [4.78, 5) is 23.4. The van der Waals surface area contributed by atoms with Crippen LogP contribution in [0.2, 0.25) is 0 Å². The molecule has 0 radical (unpaired) electrons. The van der Waals surface area contributed by atoms with Crippen LogP contribution in [-0.4, -0.2) is 41.6 Å². The predicted octanol–water partition coefficient (Wildman–Crippen LogP) is 3.97. The van der Waals surface area contributed by atoms with Gasteiger partial charge in [-0.3, -0.25) is 4.79 Å². The number of carbonyl (C=O) groups excluding carboxylic acids is 2. The Labute approximate surface area is 161 Å². The van der Waals surface area contributed by atoms with Gasteiger partial charge in [-0.15, -0.1) is 0 Å². The lowest BCUT2D eigenvalue weighted by Gasteiger charge is -2.32. The number of amides is 1. The maximum Gasteiger partial charge on any atom is 0.466 e. The van der Waals surface area contributed by atoms with Crippen molar-refractivity contribution in [1.82, 2.24) is 5.32 Å². The average Bonchev–Trinajstić information content (AvgIpc) is 2.50. The van der Waals surface area contributed by atoms with Crippen LogP contribution in [0.15, 0.2) is 24.9 Å². The molecule has 0 aromatic heterocycles. The number of unbranched alkanes of at least 4 members (excludes halogenated alkanes) is 1. The second-order valence-corrected chi connectivity index (χ2v) is 6.07. The molecule has 1 amide bonds. The maximum atomic E-state index is 13.5. The van der Waals surface area contributed by atoms with Gasteiger partial charge in [0.05, 0.1) is 6.61 Å². The Bertz CT molecular complexity index is 604. The first-order valence-electron chi connectivity index (χ1n) is 7.51. The molecule has 0 saturated heterocycles. The van der Waals surface area contributed by atoms with Crippen molar-refractivity contribution in [2.45, 2.75) is 49.3 Å². The molecule has 0 aliphatic rings. The molecule has 0 fully saturated rings. The Morgan fingerprint density at radius 1 is 1.11 bits per heavy atom. The monoisotopic (exact) mass is 441 g/mol. The van der Waals surface area contributed by atoms with Crippen LogP contribution in [0.5, 0.6) is 0 Å². The molecule has 0 aliphatic heterocycles. The van der Waals surface area contributed by atoms with Crippen LogP contribution in [0, 0.1) is 0 Å². The van der Waals surface area contributed by atoms with Crippen LogP contribution in [-0.2, 0) is 19.1 Å².